The van der Waals surface area contributed by atoms with Gasteiger partial charge in [-0.05, 0) is 40.2 Å². The summed E-state index contributed by atoms with van der Waals surface area (Å²) in [5.41, 5.74) is -0.305. The van der Waals surface area contributed by atoms with Gasteiger partial charge in [0.2, 0.25) is 0 Å². The highest BCUT2D eigenvalue weighted by Crippen LogP contribution is 2.21. The van der Waals surface area contributed by atoms with E-state index in [2.05, 4.69) is 45.3 Å². The van der Waals surface area contributed by atoms with Gasteiger partial charge in [-0.2, -0.15) is 0 Å². The van der Waals surface area contributed by atoms with Crippen molar-refractivity contribution in [1.29, 1.82) is 0 Å². The molecule has 120 valence electrons. The SMILES string of the molecule is CC(C)NCCCC[C@H](NC(C)(C)C)C(=O)C(C)(C)C. The predicted octanol–water partition coefficient (Wildman–Crippen LogP) is 3.53. The van der Waals surface area contributed by atoms with Crippen LogP contribution < -0.4 is 10.6 Å². The van der Waals surface area contributed by atoms with Crippen molar-refractivity contribution in [1.82, 2.24) is 10.6 Å². The minimum Gasteiger partial charge on any atom is -0.315 e. The monoisotopic (exact) mass is 284 g/mol. The molecule has 3 nitrogen and oxygen atoms in total. The summed E-state index contributed by atoms with van der Waals surface area (Å²) in [4.78, 5) is 12.5. The molecule has 0 saturated heterocycles. The molecule has 0 aromatic heterocycles. The molecule has 0 aromatic rings. The Balaban J connectivity index is 4.37. The van der Waals surface area contributed by atoms with Crippen molar-refractivity contribution >= 4 is 5.78 Å². The van der Waals surface area contributed by atoms with Gasteiger partial charge in [0.25, 0.3) is 0 Å². The molecule has 0 aliphatic rings. The first-order valence-corrected chi connectivity index (χ1v) is 7.99. The van der Waals surface area contributed by atoms with E-state index in [-0.39, 0.29) is 17.0 Å². The summed E-state index contributed by atoms with van der Waals surface area (Å²) in [6.45, 7) is 17.7. The molecular formula is C17H36N2O. The van der Waals surface area contributed by atoms with Gasteiger partial charge in [-0.25, -0.2) is 0 Å². The first-order valence-electron chi connectivity index (χ1n) is 7.99. The van der Waals surface area contributed by atoms with Crippen LogP contribution in [0.5, 0.6) is 0 Å². The molecule has 0 radical (unpaired) electrons. The van der Waals surface area contributed by atoms with Crippen molar-refractivity contribution in [3.63, 3.8) is 0 Å². The highest BCUT2D eigenvalue weighted by Gasteiger charge is 2.31. The molecule has 3 heteroatoms. The molecule has 0 spiro atoms. The molecule has 0 aromatic carbocycles. The fourth-order valence-electron chi connectivity index (χ4n) is 2.18. The van der Waals surface area contributed by atoms with Crippen molar-refractivity contribution in [2.24, 2.45) is 5.41 Å². The first kappa shape index (κ1) is 19.6. The summed E-state index contributed by atoms with van der Waals surface area (Å²) in [5, 5.41) is 6.91. The Kier molecular flexibility index (Phi) is 7.97. The number of rotatable bonds is 8. The van der Waals surface area contributed by atoms with Crippen LogP contribution in [0.25, 0.3) is 0 Å². The first-order chi connectivity index (χ1) is 8.93. The van der Waals surface area contributed by atoms with E-state index in [4.69, 9.17) is 0 Å². The van der Waals surface area contributed by atoms with Crippen molar-refractivity contribution in [2.45, 2.75) is 92.3 Å². The van der Waals surface area contributed by atoms with Crippen LogP contribution in [0.1, 0.15) is 74.7 Å². The second kappa shape index (κ2) is 8.14. The van der Waals surface area contributed by atoms with Crippen molar-refractivity contribution in [2.75, 3.05) is 6.54 Å². The Bertz CT molecular complexity index is 284. The molecule has 20 heavy (non-hydrogen) atoms. The molecule has 0 aliphatic heterocycles. The van der Waals surface area contributed by atoms with Crippen LogP contribution in [0.3, 0.4) is 0 Å². The molecule has 0 aliphatic carbocycles. The Morgan fingerprint density at radius 1 is 1.00 bits per heavy atom. The van der Waals surface area contributed by atoms with E-state index in [1.165, 1.54) is 0 Å². The van der Waals surface area contributed by atoms with E-state index in [1.54, 1.807) is 0 Å². The summed E-state index contributed by atoms with van der Waals surface area (Å²) in [5.74, 6) is 0.323. The fourth-order valence-corrected chi connectivity index (χ4v) is 2.18. The second-order valence-electron chi connectivity index (χ2n) is 8.17. The van der Waals surface area contributed by atoms with Gasteiger partial charge in [0, 0.05) is 17.0 Å². The zero-order valence-corrected chi connectivity index (χ0v) is 14.9. The number of nitrogens with one attached hydrogen (secondary N) is 2. The third-order valence-corrected chi connectivity index (χ3v) is 3.14. The molecule has 0 fully saturated rings. The van der Waals surface area contributed by atoms with E-state index in [1.807, 2.05) is 20.8 Å². The van der Waals surface area contributed by atoms with Crippen molar-refractivity contribution in [3.05, 3.63) is 0 Å². The van der Waals surface area contributed by atoms with Crippen LogP contribution in [0, 0.1) is 5.41 Å². The van der Waals surface area contributed by atoms with Gasteiger partial charge in [-0.1, -0.05) is 41.0 Å². The second-order valence-corrected chi connectivity index (χ2v) is 8.17. The highest BCUT2D eigenvalue weighted by atomic mass is 16.1. The number of carbonyl (C=O) groups excluding carboxylic acids is 1. The number of ketones is 1. The highest BCUT2D eigenvalue weighted by molar-refractivity contribution is 5.88. The summed E-state index contributed by atoms with van der Waals surface area (Å²) in [6, 6.07) is 0.503. The maximum Gasteiger partial charge on any atom is 0.155 e. The lowest BCUT2D eigenvalue weighted by Crippen LogP contribution is -2.50. The van der Waals surface area contributed by atoms with Gasteiger partial charge in [0.05, 0.1) is 6.04 Å². The van der Waals surface area contributed by atoms with E-state index in [0.29, 0.717) is 11.8 Å². The zero-order chi connectivity index (χ0) is 16.0. The zero-order valence-electron chi connectivity index (χ0n) is 14.9. The van der Waals surface area contributed by atoms with Gasteiger partial charge < -0.3 is 10.6 Å². The lowest BCUT2D eigenvalue weighted by atomic mass is 9.84. The lowest BCUT2D eigenvalue weighted by molar-refractivity contribution is -0.129. The van der Waals surface area contributed by atoms with Gasteiger partial charge in [-0.15, -0.1) is 0 Å². The Morgan fingerprint density at radius 3 is 1.95 bits per heavy atom. The third kappa shape index (κ3) is 9.49. The van der Waals surface area contributed by atoms with Crippen LogP contribution in [-0.4, -0.2) is 30.0 Å². The fraction of sp³-hybridized carbons (Fsp3) is 0.941. The molecule has 1 atom stereocenters. The lowest BCUT2D eigenvalue weighted by Gasteiger charge is -2.32. The number of hydrogen-bond donors (Lipinski definition) is 2. The molecule has 0 rings (SSSR count). The number of Topliss-reactive ketones (excluding diaryl/α,β-unsaturated/α-hetero) is 1. The molecule has 0 saturated carbocycles. The maximum absolute atomic E-state index is 12.5. The van der Waals surface area contributed by atoms with Gasteiger partial charge in [0.15, 0.2) is 5.78 Å². The van der Waals surface area contributed by atoms with Crippen LogP contribution in [-0.2, 0) is 4.79 Å². The van der Waals surface area contributed by atoms with Crippen LogP contribution in [0.15, 0.2) is 0 Å². The normalized spacial score (nSPS) is 14.7. The average Bonchev–Trinajstić information content (AvgIpc) is 2.22. The largest absolute Gasteiger partial charge is 0.315 e. The van der Waals surface area contributed by atoms with Gasteiger partial charge in [-0.3, -0.25) is 4.79 Å². The number of hydrogen-bond acceptors (Lipinski definition) is 3. The maximum atomic E-state index is 12.5. The number of unbranched alkanes of at least 4 members (excludes halogenated alkanes) is 1. The summed E-state index contributed by atoms with van der Waals surface area (Å²) in [7, 11) is 0. The molecule has 0 heterocycles. The predicted molar refractivity (Wildman–Crippen MR) is 88.1 cm³/mol. The average molecular weight is 284 g/mol. The molecular weight excluding hydrogens is 248 g/mol. The van der Waals surface area contributed by atoms with Crippen LogP contribution in [0.2, 0.25) is 0 Å². The van der Waals surface area contributed by atoms with Crippen molar-refractivity contribution in [3.8, 4) is 0 Å². The van der Waals surface area contributed by atoms with E-state index in [9.17, 15) is 4.79 Å². The summed E-state index contributed by atoms with van der Waals surface area (Å²) in [6.07, 6.45) is 3.13. The standard InChI is InChI=1S/C17H36N2O/c1-13(2)18-12-10-9-11-14(19-17(6,7)8)15(20)16(3,4)5/h13-14,18-19H,9-12H2,1-8H3/t14-/m0/s1. The van der Waals surface area contributed by atoms with E-state index < -0.39 is 0 Å². The summed E-state index contributed by atoms with van der Waals surface area (Å²) < 4.78 is 0. The van der Waals surface area contributed by atoms with E-state index in [0.717, 1.165) is 25.8 Å². The van der Waals surface area contributed by atoms with Gasteiger partial charge in [0.1, 0.15) is 0 Å². The smallest absolute Gasteiger partial charge is 0.155 e. The van der Waals surface area contributed by atoms with E-state index >= 15 is 0 Å². The minimum absolute atomic E-state index is 0.0260. The Labute approximate surface area is 126 Å². The molecule has 0 amide bonds. The molecule has 0 unspecified atom stereocenters. The Morgan fingerprint density at radius 2 is 1.55 bits per heavy atom. The number of carbonyl (C=O) groups is 1. The van der Waals surface area contributed by atoms with Crippen LogP contribution >= 0.6 is 0 Å². The quantitative estimate of drug-likeness (QED) is 0.670. The summed E-state index contributed by atoms with van der Waals surface area (Å²) >= 11 is 0. The van der Waals surface area contributed by atoms with Crippen molar-refractivity contribution < 1.29 is 4.79 Å². The molecule has 0 bridgehead atoms. The topological polar surface area (TPSA) is 41.1 Å². The third-order valence-electron chi connectivity index (χ3n) is 3.14. The minimum atomic E-state index is -0.279. The molecule has 2 N–H and O–H groups in total. The Hall–Kier alpha value is -0.410. The van der Waals surface area contributed by atoms with Crippen LogP contribution in [0.4, 0.5) is 0 Å². The van der Waals surface area contributed by atoms with Gasteiger partial charge >= 0.3 is 0 Å².